The highest BCUT2D eigenvalue weighted by molar-refractivity contribution is 8.05. The molecule has 5 nitrogen and oxygen atoms in total. The van der Waals surface area contributed by atoms with Gasteiger partial charge in [0.15, 0.2) is 0 Å². The molecule has 1 fully saturated rings. The maximum absolute atomic E-state index is 13.5. The molecule has 1 aliphatic heterocycles. The number of hydrogen-bond acceptors (Lipinski definition) is 4. The van der Waals surface area contributed by atoms with E-state index in [1.165, 1.54) is 16.7 Å². The second-order valence-electron chi connectivity index (χ2n) is 8.20. The van der Waals surface area contributed by atoms with Crippen molar-refractivity contribution in [3.8, 4) is 6.07 Å². The van der Waals surface area contributed by atoms with Gasteiger partial charge in [-0.15, -0.1) is 0 Å². The summed E-state index contributed by atoms with van der Waals surface area (Å²) in [6, 6.07) is 24.3. The van der Waals surface area contributed by atoms with Crippen LogP contribution in [0, 0.1) is 18.3 Å². The number of thioether (sulfide) groups is 1. The van der Waals surface area contributed by atoms with Crippen molar-refractivity contribution < 1.29 is 9.59 Å². The zero-order valence-corrected chi connectivity index (χ0v) is 21.0. The Balaban J connectivity index is 1.69. The smallest absolute Gasteiger partial charge is 0.269 e. The van der Waals surface area contributed by atoms with Gasteiger partial charge in [0.2, 0.25) is 5.91 Å². The van der Waals surface area contributed by atoms with Crippen LogP contribution in [-0.4, -0.2) is 17.1 Å². The molecule has 1 unspecified atom stereocenters. The van der Waals surface area contributed by atoms with E-state index < -0.39 is 11.2 Å². The quantitative estimate of drug-likeness (QED) is 0.319. The Labute approximate surface area is 214 Å². The van der Waals surface area contributed by atoms with Crippen LogP contribution < -0.4 is 10.2 Å². The molecule has 1 aliphatic rings. The first kappa shape index (κ1) is 24.6. The monoisotopic (exact) mass is 501 g/mol. The number of nitrogens with one attached hydrogen (secondary N) is 1. The Morgan fingerprint density at radius 3 is 2.40 bits per heavy atom. The number of para-hydroxylation sites is 1. The number of benzene rings is 3. The largest absolute Gasteiger partial charge is 0.321 e. The summed E-state index contributed by atoms with van der Waals surface area (Å²) >= 11 is 7.53. The second kappa shape index (κ2) is 10.8. The fraction of sp³-hybridized carbons (Fsp3) is 0.179. The molecule has 0 aromatic heterocycles. The first-order valence-electron chi connectivity index (χ1n) is 11.3. The van der Waals surface area contributed by atoms with Gasteiger partial charge in [-0.05, 0) is 66.8 Å². The number of aryl methyl sites for hydroxylation is 2. The number of anilines is 2. The molecule has 0 saturated carbocycles. The molecule has 35 heavy (non-hydrogen) atoms. The van der Waals surface area contributed by atoms with Crippen molar-refractivity contribution in [2.75, 3.05) is 10.2 Å². The summed E-state index contributed by atoms with van der Waals surface area (Å²) in [5, 5.41) is 13.2. The van der Waals surface area contributed by atoms with Gasteiger partial charge in [0.05, 0.1) is 5.25 Å². The average molecular weight is 502 g/mol. The van der Waals surface area contributed by atoms with Crippen LogP contribution in [0.2, 0.25) is 5.02 Å². The molecule has 0 aliphatic carbocycles. The van der Waals surface area contributed by atoms with Crippen molar-refractivity contribution in [1.29, 1.82) is 5.26 Å². The third-order valence-electron chi connectivity index (χ3n) is 5.80. The van der Waals surface area contributed by atoms with Crippen LogP contribution in [0.3, 0.4) is 0 Å². The topological polar surface area (TPSA) is 73.2 Å². The molecule has 176 valence electrons. The molecule has 1 heterocycles. The summed E-state index contributed by atoms with van der Waals surface area (Å²) in [6.07, 6.45) is 1.31. The van der Waals surface area contributed by atoms with Crippen LogP contribution in [0.4, 0.5) is 11.4 Å². The Morgan fingerprint density at radius 1 is 1.09 bits per heavy atom. The number of nitriles is 1. The normalized spacial score (nSPS) is 16.7. The number of halogens is 1. The number of carbonyl (C=O) groups is 2. The molecule has 0 radical (unpaired) electrons. The Morgan fingerprint density at radius 2 is 1.77 bits per heavy atom. The highest BCUT2D eigenvalue weighted by Crippen LogP contribution is 2.42. The van der Waals surface area contributed by atoms with E-state index in [1.54, 1.807) is 12.1 Å². The predicted octanol–water partition coefficient (Wildman–Crippen LogP) is 6.28. The van der Waals surface area contributed by atoms with E-state index in [1.807, 2.05) is 73.7 Å². The molecule has 0 spiro atoms. The number of nitrogens with zero attached hydrogens (tertiary/aromatic N) is 2. The Kier molecular flexibility index (Phi) is 7.60. The number of rotatable bonds is 6. The summed E-state index contributed by atoms with van der Waals surface area (Å²) in [7, 11) is 0. The van der Waals surface area contributed by atoms with Crippen molar-refractivity contribution in [2.45, 2.75) is 31.9 Å². The molecule has 2 amide bonds. The van der Waals surface area contributed by atoms with Crippen molar-refractivity contribution in [3.05, 3.63) is 105 Å². The fourth-order valence-corrected chi connectivity index (χ4v) is 5.31. The summed E-state index contributed by atoms with van der Waals surface area (Å²) < 4.78 is 0. The minimum Gasteiger partial charge on any atom is -0.321 e. The van der Waals surface area contributed by atoms with Crippen LogP contribution in [0.15, 0.2) is 83.4 Å². The van der Waals surface area contributed by atoms with Crippen molar-refractivity contribution in [2.24, 2.45) is 0 Å². The summed E-state index contributed by atoms with van der Waals surface area (Å²) in [5.74, 6) is -0.729. The van der Waals surface area contributed by atoms with Gasteiger partial charge in [-0.2, -0.15) is 5.26 Å². The Hall–Kier alpha value is -3.53. The van der Waals surface area contributed by atoms with E-state index in [-0.39, 0.29) is 11.5 Å². The van der Waals surface area contributed by atoms with Gasteiger partial charge in [0, 0.05) is 16.4 Å². The maximum Gasteiger partial charge on any atom is 0.269 e. The molecular weight excluding hydrogens is 478 g/mol. The molecule has 4 rings (SSSR count). The highest BCUT2D eigenvalue weighted by atomic mass is 35.5. The standard InChI is InChI=1S/C28H24ClN3O2S/c1-3-19-11-13-21(14-12-19)31-26(33)23(17-30)28-32(22-7-5-4-6-8-22)27(34)25(35-28)16-20-10-9-18(2)24(29)15-20/h4-15,25H,3,16H2,1-2H3,(H,31,33)/b28-23+. The van der Waals surface area contributed by atoms with Gasteiger partial charge in [-0.3, -0.25) is 14.5 Å². The Bertz CT molecular complexity index is 1330. The number of amides is 2. The zero-order valence-electron chi connectivity index (χ0n) is 19.4. The second-order valence-corrected chi connectivity index (χ2v) is 9.80. The van der Waals surface area contributed by atoms with Gasteiger partial charge in [-0.25, -0.2) is 0 Å². The first-order chi connectivity index (χ1) is 16.9. The molecule has 3 aromatic carbocycles. The minimum absolute atomic E-state index is 0.101. The minimum atomic E-state index is -0.549. The molecular formula is C28H24ClN3O2S. The maximum atomic E-state index is 13.5. The number of carbonyl (C=O) groups excluding carboxylic acids is 2. The average Bonchev–Trinajstić information content (AvgIpc) is 3.18. The van der Waals surface area contributed by atoms with Gasteiger partial charge in [-0.1, -0.05) is 72.8 Å². The summed E-state index contributed by atoms with van der Waals surface area (Å²) in [5.41, 5.74) is 4.12. The fourth-order valence-electron chi connectivity index (χ4n) is 3.79. The van der Waals surface area contributed by atoms with Gasteiger partial charge in [0.25, 0.3) is 5.91 Å². The van der Waals surface area contributed by atoms with E-state index in [2.05, 4.69) is 12.2 Å². The van der Waals surface area contributed by atoms with E-state index in [0.717, 1.165) is 23.1 Å². The predicted molar refractivity (Wildman–Crippen MR) is 142 cm³/mol. The third kappa shape index (κ3) is 5.43. The van der Waals surface area contributed by atoms with Gasteiger partial charge in [0.1, 0.15) is 16.7 Å². The molecule has 3 aromatic rings. The molecule has 1 saturated heterocycles. The third-order valence-corrected chi connectivity index (χ3v) is 7.47. The molecule has 1 N–H and O–H groups in total. The summed E-state index contributed by atoms with van der Waals surface area (Å²) in [4.78, 5) is 28.2. The lowest BCUT2D eigenvalue weighted by Gasteiger charge is -2.18. The first-order valence-corrected chi connectivity index (χ1v) is 12.5. The lowest BCUT2D eigenvalue weighted by molar-refractivity contribution is -0.117. The van der Waals surface area contributed by atoms with Crippen molar-refractivity contribution in [1.82, 2.24) is 0 Å². The summed E-state index contributed by atoms with van der Waals surface area (Å²) in [6.45, 7) is 3.98. The molecule has 7 heteroatoms. The van der Waals surface area contributed by atoms with Gasteiger partial charge >= 0.3 is 0 Å². The van der Waals surface area contributed by atoms with Crippen LogP contribution in [-0.2, 0) is 22.4 Å². The zero-order chi connectivity index (χ0) is 24.9. The van der Waals surface area contributed by atoms with E-state index in [4.69, 9.17) is 11.6 Å². The van der Waals surface area contributed by atoms with Crippen molar-refractivity contribution >= 4 is 46.6 Å². The molecule has 0 bridgehead atoms. The lowest BCUT2D eigenvalue weighted by Crippen LogP contribution is -2.30. The van der Waals surface area contributed by atoms with Crippen molar-refractivity contribution in [3.63, 3.8) is 0 Å². The highest BCUT2D eigenvalue weighted by Gasteiger charge is 2.40. The van der Waals surface area contributed by atoms with Crippen LogP contribution in [0.1, 0.15) is 23.6 Å². The van der Waals surface area contributed by atoms with E-state index in [0.29, 0.717) is 27.8 Å². The van der Waals surface area contributed by atoms with E-state index >= 15 is 0 Å². The van der Waals surface area contributed by atoms with E-state index in [9.17, 15) is 14.9 Å². The SMILES string of the molecule is CCc1ccc(NC(=O)/C(C#N)=C2/SC(Cc3ccc(C)c(Cl)c3)C(=O)N2c2ccccc2)cc1. The van der Waals surface area contributed by atoms with Gasteiger partial charge < -0.3 is 5.32 Å². The van der Waals surface area contributed by atoms with Crippen LogP contribution in [0.25, 0.3) is 0 Å². The lowest BCUT2D eigenvalue weighted by atomic mass is 10.1. The van der Waals surface area contributed by atoms with Crippen LogP contribution >= 0.6 is 23.4 Å². The molecule has 1 atom stereocenters. The number of hydrogen-bond donors (Lipinski definition) is 1. The van der Waals surface area contributed by atoms with Crippen LogP contribution in [0.5, 0.6) is 0 Å².